The number of hydrogen-bond acceptors (Lipinski definition) is 4. The van der Waals surface area contributed by atoms with Crippen LogP contribution in [0.3, 0.4) is 0 Å². The number of nitrogens with zero attached hydrogens (tertiary/aromatic N) is 1. The molecule has 1 aliphatic heterocycles. The lowest BCUT2D eigenvalue weighted by molar-refractivity contribution is -0.123. The van der Waals surface area contributed by atoms with Crippen molar-refractivity contribution in [1.82, 2.24) is 14.9 Å². The number of nitrogens with one attached hydrogen (secondary N) is 2. The Morgan fingerprint density at radius 3 is 2.38 bits per heavy atom. The van der Waals surface area contributed by atoms with E-state index >= 15 is 0 Å². The second kappa shape index (κ2) is 9.07. The average molecular weight is 410 g/mol. The number of alkyl halides is 2. The van der Waals surface area contributed by atoms with Gasteiger partial charge in [-0.05, 0) is 44.0 Å². The zero-order valence-corrected chi connectivity index (χ0v) is 15.9. The van der Waals surface area contributed by atoms with Crippen LogP contribution in [0.4, 0.5) is 8.78 Å². The lowest BCUT2D eigenvalue weighted by Gasteiger charge is -2.32. The summed E-state index contributed by atoms with van der Waals surface area (Å²) in [5, 5.41) is 3.18. The number of carbonyl (C=O) groups excluding carboxylic acids is 1. The van der Waals surface area contributed by atoms with Crippen LogP contribution in [-0.2, 0) is 14.8 Å². The van der Waals surface area contributed by atoms with Crippen molar-refractivity contribution in [2.24, 2.45) is 0 Å². The molecule has 10 heteroatoms. The summed E-state index contributed by atoms with van der Waals surface area (Å²) in [6, 6.07) is 4.50. The van der Waals surface area contributed by atoms with Crippen molar-refractivity contribution in [3.05, 3.63) is 29.3 Å². The molecule has 26 heavy (non-hydrogen) atoms. The second-order valence-electron chi connectivity index (χ2n) is 6.27. The summed E-state index contributed by atoms with van der Waals surface area (Å²) < 4.78 is 51.6. The molecule has 1 fully saturated rings. The Labute approximate surface area is 156 Å². The summed E-state index contributed by atoms with van der Waals surface area (Å²) in [4.78, 5) is 13.9. The van der Waals surface area contributed by atoms with Gasteiger partial charge in [-0.2, -0.15) is 4.72 Å². The summed E-state index contributed by atoms with van der Waals surface area (Å²) in [5.74, 6) is -0.449. The molecule has 6 nitrogen and oxygen atoms in total. The number of carbonyl (C=O) groups is 1. The van der Waals surface area contributed by atoms with Gasteiger partial charge in [0.1, 0.15) is 0 Å². The molecule has 0 bridgehead atoms. The van der Waals surface area contributed by atoms with Crippen LogP contribution in [0.15, 0.2) is 29.2 Å². The minimum atomic E-state index is -3.85. The van der Waals surface area contributed by atoms with E-state index in [4.69, 9.17) is 11.6 Å². The summed E-state index contributed by atoms with van der Waals surface area (Å²) >= 11 is 5.74. The highest BCUT2D eigenvalue weighted by Gasteiger charge is 2.26. The van der Waals surface area contributed by atoms with E-state index in [9.17, 15) is 22.0 Å². The molecule has 2 rings (SSSR count). The number of rotatable bonds is 7. The van der Waals surface area contributed by atoms with Crippen LogP contribution in [-0.4, -0.2) is 57.4 Å². The molecule has 1 heterocycles. The number of likely N-dealkylation sites (tertiary alicyclic amines) is 1. The normalized spacial score (nSPS) is 18.0. The van der Waals surface area contributed by atoms with Crippen LogP contribution in [0, 0.1) is 0 Å². The molecule has 1 aliphatic rings. The smallest absolute Gasteiger partial charge is 0.251 e. The first-order valence-corrected chi connectivity index (χ1v) is 10.1. The largest absolute Gasteiger partial charge is 0.352 e. The van der Waals surface area contributed by atoms with Crippen molar-refractivity contribution in [1.29, 1.82) is 0 Å². The first-order chi connectivity index (χ1) is 12.2. The fourth-order valence-electron chi connectivity index (χ4n) is 2.75. The van der Waals surface area contributed by atoms with Gasteiger partial charge in [0, 0.05) is 24.2 Å². The molecule has 146 valence electrons. The maximum atomic E-state index is 12.4. The third-order valence-corrected chi connectivity index (χ3v) is 5.99. The van der Waals surface area contributed by atoms with E-state index < -0.39 is 28.4 Å². The predicted molar refractivity (Wildman–Crippen MR) is 94.8 cm³/mol. The van der Waals surface area contributed by atoms with E-state index in [1.807, 2.05) is 0 Å². The van der Waals surface area contributed by atoms with Crippen molar-refractivity contribution in [3.8, 4) is 0 Å². The van der Waals surface area contributed by atoms with Crippen molar-refractivity contribution in [3.63, 3.8) is 0 Å². The lowest BCUT2D eigenvalue weighted by Crippen LogP contribution is -2.51. The fraction of sp³-hybridized carbons (Fsp3) is 0.562. The molecular weight excluding hydrogens is 388 g/mol. The third kappa shape index (κ3) is 6.15. The lowest BCUT2D eigenvalue weighted by atomic mass is 10.0. The van der Waals surface area contributed by atoms with E-state index in [2.05, 4.69) is 10.0 Å². The predicted octanol–water partition coefficient (Wildman–Crippen LogP) is 1.85. The van der Waals surface area contributed by atoms with Crippen molar-refractivity contribution in [2.45, 2.75) is 43.2 Å². The second-order valence-corrected chi connectivity index (χ2v) is 8.42. The average Bonchev–Trinajstić information content (AvgIpc) is 2.56. The van der Waals surface area contributed by atoms with Gasteiger partial charge in [0.15, 0.2) is 0 Å². The standard InChI is InChI=1S/C16H22ClF2N3O3S/c1-11(21-26(24,25)14-4-2-12(17)3-5-14)16(23)20-13-6-8-22(9-7-13)10-15(18)19/h2-5,11,13,15,21H,6-10H2,1H3,(H,20,23)/t11-/m0/s1. The highest BCUT2D eigenvalue weighted by atomic mass is 35.5. The van der Waals surface area contributed by atoms with E-state index in [0.29, 0.717) is 31.0 Å². The quantitative estimate of drug-likeness (QED) is 0.720. The number of sulfonamides is 1. The molecule has 0 aliphatic carbocycles. The van der Waals surface area contributed by atoms with Crippen molar-refractivity contribution in [2.75, 3.05) is 19.6 Å². The highest BCUT2D eigenvalue weighted by molar-refractivity contribution is 7.89. The maximum Gasteiger partial charge on any atom is 0.251 e. The molecule has 0 aromatic heterocycles. The molecule has 0 saturated carbocycles. The molecule has 0 unspecified atom stereocenters. The molecule has 1 amide bonds. The van der Waals surface area contributed by atoms with Gasteiger partial charge in [-0.3, -0.25) is 9.69 Å². The highest BCUT2D eigenvalue weighted by Crippen LogP contribution is 2.15. The third-order valence-electron chi connectivity index (χ3n) is 4.18. The van der Waals surface area contributed by atoms with Gasteiger partial charge < -0.3 is 5.32 Å². The zero-order chi connectivity index (χ0) is 19.3. The Kier molecular flexibility index (Phi) is 7.33. The molecule has 2 N–H and O–H groups in total. The van der Waals surface area contributed by atoms with Crippen LogP contribution in [0.25, 0.3) is 0 Å². The van der Waals surface area contributed by atoms with Crippen LogP contribution in [0.1, 0.15) is 19.8 Å². The Morgan fingerprint density at radius 1 is 1.27 bits per heavy atom. The number of halogens is 3. The van der Waals surface area contributed by atoms with Crippen LogP contribution in [0.2, 0.25) is 5.02 Å². The van der Waals surface area contributed by atoms with E-state index in [1.165, 1.54) is 31.2 Å². The number of amides is 1. The van der Waals surface area contributed by atoms with Crippen LogP contribution >= 0.6 is 11.6 Å². The van der Waals surface area contributed by atoms with Gasteiger partial charge >= 0.3 is 0 Å². The molecule has 0 radical (unpaired) electrons. The van der Waals surface area contributed by atoms with Gasteiger partial charge in [0.25, 0.3) is 6.43 Å². The fourth-order valence-corrected chi connectivity index (χ4v) is 4.08. The maximum absolute atomic E-state index is 12.4. The molecule has 1 aromatic rings. The molecular formula is C16H22ClF2N3O3S. The summed E-state index contributed by atoms with van der Waals surface area (Å²) in [6.45, 7) is 2.13. The van der Waals surface area contributed by atoms with Crippen molar-refractivity contribution < 1.29 is 22.0 Å². The van der Waals surface area contributed by atoms with Gasteiger partial charge in [-0.15, -0.1) is 0 Å². The summed E-state index contributed by atoms with van der Waals surface area (Å²) in [5.41, 5.74) is 0. The Hall–Kier alpha value is -1.29. The first-order valence-electron chi connectivity index (χ1n) is 8.26. The Balaban J connectivity index is 1.85. The van der Waals surface area contributed by atoms with E-state index in [-0.39, 0.29) is 17.5 Å². The van der Waals surface area contributed by atoms with E-state index in [1.54, 1.807) is 4.90 Å². The van der Waals surface area contributed by atoms with Gasteiger partial charge in [0.2, 0.25) is 15.9 Å². The molecule has 1 atom stereocenters. The Morgan fingerprint density at radius 2 is 1.85 bits per heavy atom. The van der Waals surface area contributed by atoms with E-state index in [0.717, 1.165) is 0 Å². The minimum absolute atomic E-state index is 0.0156. The molecule has 1 aromatic carbocycles. The van der Waals surface area contributed by atoms with Gasteiger partial charge in [-0.1, -0.05) is 11.6 Å². The van der Waals surface area contributed by atoms with Crippen LogP contribution < -0.4 is 10.0 Å². The van der Waals surface area contributed by atoms with Gasteiger partial charge in [0.05, 0.1) is 17.5 Å². The SMILES string of the molecule is C[C@H](NS(=O)(=O)c1ccc(Cl)cc1)C(=O)NC1CCN(CC(F)F)CC1. The molecule has 1 saturated heterocycles. The van der Waals surface area contributed by atoms with Gasteiger partial charge in [-0.25, -0.2) is 17.2 Å². The molecule has 0 spiro atoms. The van der Waals surface area contributed by atoms with Crippen LogP contribution in [0.5, 0.6) is 0 Å². The monoisotopic (exact) mass is 409 g/mol. The zero-order valence-electron chi connectivity index (χ0n) is 14.3. The minimum Gasteiger partial charge on any atom is -0.352 e. The summed E-state index contributed by atoms with van der Waals surface area (Å²) in [6.07, 6.45) is -1.27. The Bertz CT molecular complexity index is 708. The summed E-state index contributed by atoms with van der Waals surface area (Å²) in [7, 11) is -3.85. The number of hydrogen-bond donors (Lipinski definition) is 2. The number of piperidine rings is 1. The van der Waals surface area contributed by atoms with Crippen molar-refractivity contribution >= 4 is 27.5 Å². The topological polar surface area (TPSA) is 78.5 Å². The number of benzene rings is 1. The first kappa shape index (κ1) is 21.0.